The Bertz CT molecular complexity index is 639. The van der Waals surface area contributed by atoms with Crippen molar-refractivity contribution in [3.63, 3.8) is 0 Å². The Morgan fingerprint density at radius 3 is 2.96 bits per heavy atom. The second-order valence-electron chi connectivity index (χ2n) is 6.25. The molecule has 23 heavy (non-hydrogen) atoms. The Hall–Kier alpha value is -1.65. The molecule has 1 amide bonds. The van der Waals surface area contributed by atoms with Crippen molar-refractivity contribution in [2.75, 3.05) is 26.2 Å². The molecule has 2 heterocycles. The van der Waals surface area contributed by atoms with Gasteiger partial charge in [0.1, 0.15) is 0 Å². The average molecular weight is 328 g/mol. The van der Waals surface area contributed by atoms with E-state index in [1.165, 1.54) is 17.5 Å². The second kappa shape index (κ2) is 7.75. The maximum Gasteiger partial charge on any atom is 0.225 e. The number of carbonyl (C=O) groups is 1. The van der Waals surface area contributed by atoms with Gasteiger partial charge in [0.05, 0.1) is 6.42 Å². The first kappa shape index (κ1) is 16.2. The zero-order chi connectivity index (χ0) is 16.1. The maximum atomic E-state index is 11.9. The quantitative estimate of drug-likeness (QED) is 0.883. The first-order valence-electron chi connectivity index (χ1n) is 8.29. The van der Waals surface area contributed by atoms with Gasteiger partial charge in [0.2, 0.25) is 5.91 Å². The van der Waals surface area contributed by atoms with Gasteiger partial charge in [-0.3, -0.25) is 4.79 Å². The summed E-state index contributed by atoms with van der Waals surface area (Å²) in [6.45, 7) is 6.11. The van der Waals surface area contributed by atoms with E-state index in [1.807, 2.05) is 17.5 Å². The molecule has 1 aliphatic rings. The lowest BCUT2D eigenvalue weighted by molar-refractivity contribution is -0.120. The molecule has 1 atom stereocenters. The Kier molecular flexibility index (Phi) is 5.47. The van der Waals surface area contributed by atoms with Crippen molar-refractivity contribution in [3.05, 3.63) is 57.8 Å². The molecule has 122 valence electrons. The molecule has 1 fully saturated rings. The molecular formula is C19H24N2OS. The van der Waals surface area contributed by atoms with Crippen molar-refractivity contribution < 1.29 is 4.79 Å². The van der Waals surface area contributed by atoms with Gasteiger partial charge in [0.25, 0.3) is 0 Å². The Morgan fingerprint density at radius 2 is 2.17 bits per heavy atom. The average Bonchev–Trinajstić information content (AvgIpc) is 3.20. The van der Waals surface area contributed by atoms with Crippen LogP contribution in [-0.4, -0.2) is 37.0 Å². The van der Waals surface area contributed by atoms with E-state index in [2.05, 4.69) is 41.4 Å². The number of carbonyl (C=O) groups excluding carboxylic acids is 1. The fourth-order valence-corrected chi connectivity index (χ4v) is 4.03. The number of likely N-dealkylation sites (tertiary alicyclic amines) is 1. The van der Waals surface area contributed by atoms with Crippen LogP contribution in [0.3, 0.4) is 0 Å². The van der Waals surface area contributed by atoms with Crippen LogP contribution in [0.5, 0.6) is 0 Å². The summed E-state index contributed by atoms with van der Waals surface area (Å²) in [5.74, 6) is 0.764. The summed E-state index contributed by atoms with van der Waals surface area (Å²) in [5.41, 5.74) is 2.88. The molecule has 4 heteroatoms. The maximum absolute atomic E-state index is 11.9. The molecule has 1 aliphatic heterocycles. The lowest BCUT2D eigenvalue weighted by Gasteiger charge is -2.17. The summed E-state index contributed by atoms with van der Waals surface area (Å²) in [6.07, 6.45) is 1.72. The van der Waals surface area contributed by atoms with Gasteiger partial charge in [-0.05, 0) is 48.4 Å². The van der Waals surface area contributed by atoms with E-state index in [-0.39, 0.29) is 5.91 Å². The third-order valence-corrected chi connectivity index (χ3v) is 5.44. The van der Waals surface area contributed by atoms with Gasteiger partial charge < -0.3 is 10.2 Å². The first-order chi connectivity index (χ1) is 11.2. The molecule has 3 nitrogen and oxygen atoms in total. The molecule has 0 spiro atoms. The summed E-state index contributed by atoms with van der Waals surface area (Å²) in [6, 6.07) is 12.7. The zero-order valence-electron chi connectivity index (χ0n) is 13.6. The van der Waals surface area contributed by atoms with Crippen molar-refractivity contribution in [1.29, 1.82) is 0 Å². The highest BCUT2D eigenvalue weighted by Gasteiger charge is 2.24. The molecule has 1 aromatic carbocycles. The number of nitrogens with one attached hydrogen (secondary N) is 1. The van der Waals surface area contributed by atoms with Crippen LogP contribution in [0.25, 0.3) is 0 Å². The minimum absolute atomic E-state index is 0.127. The fraction of sp³-hybridized carbons (Fsp3) is 0.421. The smallest absolute Gasteiger partial charge is 0.225 e. The third-order valence-electron chi connectivity index (χ3n) is 4.57. The van der Waals surface area contributed by atoms with Crippen LogP contribution in [0.1, 0.15) is 28.3 Å². The zero-order valence-corrected chi connectivity index (χ0v) is 14.4. The highest BCUT2D eigenvalue weighted by atomic mass is 32.1. The standard InChI is InChI=1S/C19H24N2OS/c1-15-5-2-3-7-18(15)16-8-10-21(14-16)11-9-20-19(22)13-17-6-4-12-23-17/h2-7,12,16H,8-11,13-14H2,1H3,(H,20,22)/t16-/m1/s1. The summed E-state index contributed by atoms with van der Waals surface area (Å²) in [5, 5.41) is 5.05. The van der Waals surface area contributed by atoms with Gasteiger partial charge in [0.15, 0.2) is 0 Å². The molecule has 1 aromatic heterocycles. The lowest BCUT2D eigenvalue weighted by atomic mass is 9.94. The molecule has 0 unspecified atom stereocenters. The summed E-state index contributed by atoms with van der Waals surface area (Å²) in [4.78, 5) is 15.5. The summed E-state index contributed by atoms with van der Waals surface area (Å²) >= 11 is 1.64. The molecule has 0 radical (unpaired) electrons. The molecule has 0 bridgehead atoms. The summed E-state index contributed by atoms with van der Waals surface area (Å²) < 4.78 is 0. The number of nitrogens with zero attached hydrogens (tertiary/aromatic N) is 1. The Morgan fingerprint density at radius 1 is 1.30 bits per heavy atom. The van der Waals surface area contributed by atoms with Crippen molar-refractivity contribution in [2.45, 2.75) is 25.7 Å². The molecule has 1 N–H and O–H groups in total. The highest BCUT2D eigenvalue weighted by Crippen LogP contribution is 2.28. The SMILES string of the molecule is Cc1ccccc1[C@@H]1CCN(CCNC(=O)Cc2cccs2)C1. The number of hydrogen-bond donors (Lipinski definition) is 1. The van der Waals surface area contributed by atoms with Gasteiger partial charge in [-0.1, -0.05) is 30.3 Å². The van der Waals surface area contributed by atoms with E-state index >= 15 is 0 Å². The molecule has 1 saturated heterocycles. The van der Waals surface area contributed by atoms with Crippen LogP contribution in [0, 0.1) is 6.92 Å². The molecular weight excluding hydrogens is 304 g/mol. The minimum Gasteiger partial charge on any atom is -0.355 e. The minimum atomic E-state index is 0.127. The Labute approximate surface area is 142 Å². The van der Waals surface area contributed by atoms with Crippen molar-refractivity contribution >= 4 is 17.2 Å². The predicted octanol–water partition coefficient (Wildman–Crippen LogP) is 3.20. The molecule has 0 saturated carbocycles. The number of aryl methyl sites for hydroxylation is 1. The largest absolute Gasteiger partial charge is 0.355 e. The third kappa shape index (κ3) is 4.43. The number of benzene rings is 1. The van der Waals surface area contributed by atoms with Gasteiger partial charge in [-0.2, -0.15) is 0 Å². The monoisotopic (exact) mass is 328 g/mol. The normalized spacial score (nSPS) is 18.2. The predicted molar refractivity (Wildman–Crippen MR) is 96.0 cm³/mol. The Balaban J connectivity index is 1.40. The summed E-state index contributed by atoms with van der Waals surface area (Å²) in [7, 11) is 0. The van der Waals surface area contributed by atoms with Crippen molar-refractivity contribution in [2.24, 2.45) is 0 Å². The molecule has 0 aliphatic carbocycles. The van der Waals surface area contributed by atoms with E-state index in [0.29, 0.717) is 12.3 Å². The van der Waals surface area contributed by atoms with Crippen LogP contribution in [0.15, 0.2) is 41.8 Å². The van der Waals surface area contributed by atoms with E-state index < -0.39 is 0 Å². The van der Waals surface area contributed by atoms with Crippen LogP contribution in [0.4, 0.5) is 0 Å². The molecule has 3 rings (SSSR count). The molecule has 2 aromatic rings. The van der Waals surface area contributed by atoms with Gasteiger partial charge in [-0.25, -0.2) is 0 Å². The number of rotatable bonds is 6. The van der Waals surface area contributed by atoms with Crippen LogP contribution in [0.2, 0.25) is 0 Å². The number of hydrogen-bond acceptors (Lipinski definition) is 3. The van der Waals surface area contributed by atoms with E-state index in [1.54, 1.807) is 11.3 Å². The van der Waals surface area contributed by atoms with Crippen LogP contribution >= 0.6 is 11.3 Å². The fourth-order valence-electron chi connectivity index (χ4n) is 3.32. The van der Waals surface area contributed by atoms with Gasteiger partial charge in [0, 0.05) is 24.5 Å². The highest BCUT2D eigenvalue weighted by molar-refractivity contribution is 7.10. The lowest BCUT2D eigenvalue weighted by Crippen LogP contribution is -2.34. The number of thiophene rings is 1. The first-order valence-corrected chi connectivity index (χ1v) is 9.17. The van der Waals surface area contributed by atoms with Crippen LogP contribution in [-0.2, 0) is 11.2 Å². The van der Waals surface area contributed by atoms with Crippen molar-refractivity contribution in [3.8, 4) is 0 Å². The number of amides is 1. The topological polar surface area (TPSA) is 32.3 Å². The second-order valence-corrected chi connectivity index (χ2v) is 7.28. The van der Waals surface area contributed by atoms with Crippen molar-refractivity contribution in [1.82, 2.24) is 10.2 Å². The van der Waals surface area contributed by atoms with Crippen LogP contribution < -0.4 is 5.32 Å². The van der Waals surface area contributed by atoms with E-state index in [4.69, 9.17) is 0 Å². The van der Waals surface area contributed by atoms with E-state index in [9.17, 15) is 4.79 Å². The van der Waals surface area contributed by atoms with Gasteiger partial charge in [-0.15, -0.1) is 11.3 Å². The van der Waals surface area contributed by atoms with E-state index in [0.717, 1.165) is 31.1 Å². The van der Waals surface area contributed by atoms with Gasteiger partial charge >= 0.3 is 0 Å².